The SMILES string of the molecule is CCNc1ccc(-c2cc(NCCC(C)c3ccc(F)c4c(C(=O)NC)ccnc34)ncn2)cn1. The van der Waals surface area contributed by atoms with Gasteiger partial charge in [0.1, 0.15) is 23.8 Å². The molecule has 0 spiro atoms. The third kappa shape index (κ3) is 5.34. The van der Waals surface area contributed by atoms with Gasteiger partial charge in [-0.05, 0) is 49.1 Å². The number of benzene rings is 1. The number of carbonyl (C=O) groups excluding carboxylic acids is 1. The number of aromatic nitrogens is 4. The van der Waals surface area contributed by atoms with E-state index in [0.29, 0.717) is 17.9 Å². The molecule has 4 aromatic rings. The van der Waals surface area contributed by atoms with Crippen LogP contribution in [0, 0.1) is 5.82 Å². The Labute approximate surface area is 203 Å². The third-order valence-corrected chi connectivity index (χ3v) is 5.84. The van der Waals surface area contributed by atoms with Crippen LogP contribution in [0.1, 0.15) is 42.1 Å². The van der Waals surface area contributed by atoms with Gasteiger partial charge >= 0.3 is 0 Å². The highest BCUT2D eigenvalue weighted by Crippen LogP contribution is 2.30. The van der Waals surface area contributed by atoms with E-state index in [4.69, 9.17) is 0 Å². The molecule has 0 aliphatic carbocycles. The summed E-state index contributed by atoms with van der Waals surface area (Å²) in [4.78, 5) is 29.7. The lowest BCUT2D eigenvalue weighted by atomic mass is 9.93. The lowest BCUT2D eigenvalue weighted by Crippen LogP contribution is -2.19. The van der Waals surface area contributed by atoms with Gasteiger partial charge in [0, 0.05) is 49.5 Å². The van der Waals surface area contributed by atoms with Crippen molar-refractivity contribution in [3.8, 4) is 11.3 Å². The zero-order valence-corrected chi connectivity index (χ0v) is 20.0. The zero-order chi connectivity index (χ0) is 24.8. The second-order valence-corrected chi connectivity index (χ2v) is 8.17. The molecule has 3 heterocycles. The van der Waals surface area contributed by atoms with Crippen molar-refractivity contribution in [3.63, 3.8) is 0 Å². The molecule has 4 rings (SSSR count). The maximum absolute atomic E-state index is 14.6. The van der Waals surface area contributed by atoms with Crippen molar-refractivity contribution in [2.75, 3.05) is 30.8 Å². The van der Waals surface area contributed by atoms with Crippen LogP contribution in [-0.4, -0.2) is 46.0 Å². The van der Waals surface area contributed by atoms with E-state index < -0.39 is 5.82 Å². The van der Waals surface area contributed by atoms with E-state index in [-0.39, 0.29) is 22.8 Å². The number of hydrogen-bond acceptors (Lipinski definition) is 7. The molecule has 3 N–H and O–H groups in total. The predicted molar refractivity (Wildman–Crippen MR) is 136 cm³/mol. The van der Waals surface area contributed by atoms with Crippen molar-refractivity contribution in [2.24, 2.45) is 0 Å². The van der Waals surface area contributed by atoms with E-state index in [0.717, 1.165) is 35.6 Å². The number of rotatable bonds is 9. The molecule has 1 unspecified atom stereocenters. The molecule has 1 atom stereocenters. The van der Waals surface area contributed by atoms with Gasteiger partial charge in [0.05, 0.1) is 16.8 Å². The Morgan fingerprint density at radius 2 is 1.89 bits per heavy atom. The summed E-state index contributed by atoms with van der Waals surface area (Å²) >= 11 is 0. The first-order valence-electron chi connectivity index (χ1n) is 11.6. The van der Waals surface area contributed by atoms with Crippen molar-refractivity contribution in [3.05, 3.63) is 72.1 Å². The minimum absolute atomic E-state index is 0.0714. The van der Waals surface area contributed by atoms with Crippen molar-refractivity contribution >= 4 is 28.4 Å². The van der Waals surface area contributed by atoms with Gasteiger partial charge in [-0.3, -0.25) is 9.78 Å². The Kier molecular flexibility index (Phi) is 7.45. The quantitative estimate of drug-likeness (QED) is 0.326. The van der Waals surface area contributed by atoms with Gasteiger partial charge in [-0.15, -0.1) is 0 Å². The maximum Gasteiger partial charge on any atom is 0.251 e. The zero-order valence-electron chi connectivity index (χ0n) is 20.0. The number of halogens is 1. The van der Waals surface area contributed by atoms with Crippen LogP contribution in [-0.2, 0) is 0 Å². The Balaban J connectivity index is 1.46. The summed E-state index contributed by atoms with van der Waals surface area (Å²) in [6.07, 6.45) is 5.61. The molecule has 1 aromatic carbocycles. The predicted octanol–water partition coefficient (Wildman–Crippen LogP) is 4.62. The second kappa shape index (κ2) is 10.9. The Morgan fingerprint density at radius 3 is 2.63 bits per heavy atom. The number of amides is 1. The summed E-state index contributed by atoms with van der Waals surface area (Å²) in [7, 11) is 1.53. The van der Waals surface area contributed by atoms with Crippen LogP contribution in [0.25, 0.3) is 22.2 Å². The van der Waals surface area contributed by atoms with Gasteiger partial charge in [-0.25, -0.2) is 19.3 Å². The van der Waals surface area contributed by atoms with Crippen LogP contribution in [0.4, 0.5) is 16.0 Å². The molecule has 1 amide bonds. The molecular formula is C26H28FN7O. The van der Waals surface area contributed by atoms with Crippen molar-refractivity contribution < 1.29 is 9.18 Å². The number of nitrogens with zero attached hydrogens (tertiary/aromatic N) is 4. The molecule has 180 valence electrons. The standard InChI is InChI=1S/C26H28FN7O/c1-4-29-22-8-5-17(14-32-22)21-13-23(34-15-33-21)30-11-9-16(2)18-6-7-20(27)24-19(26(35)28-3)10-12-31-25(18)24/h5-8,10,12-16H,4,9,11H2,1-3H3,(H,28,35)(H,29,32)(H,30,33,34). The fraction of sp³-hybridized carbons (Fsp3) is 0.269. The van der Waals surface area contributed by atoms with E-state index in [1.165, 1.54) is 25.5 Å². The molecule has 0 aliphatic rings. The van der Waals surface area contributed by atoms with Crippen molar-refractivity contribution in [2.45, 2.75) is 26.2 Å². The summed E-state index contributed by atoms with van der Waals surface area (Å²) in [5.41, 5.74) is 3.37. The first-order chi connectivity index (χ1) is 17.0. The highest BCUT2D eigenvalue weighted by Gasteiger charge is 2.18. The smallest absolute Gasteiger partial charge is 0.251 e. The molecule has 35 heavy (non-hydrogen) atoms. The lowest BCUT2D eigenvalue weighted by molar-refractivity contribution is 0.0964. The number of fused-ring (bicyclic) bond motifs is 1. The topological polar surface area (TPSA) is 105 Å². The number of carbonyl (C=O) groups is 1. The molecule has 0 bridgehead atoms. The van der Waals surface area contributed by atoms with Gasteiger partial charge in [-0.1, -0.05) is 13.0 Å². The minimum atomic E-state index is -0.456. The molecule has 0 fully saturated rings. The minimum Gasteiger partial charge on any atom is -0.370 e. The van der Waals surface area contributed by atoms with Crippen LogP contribution in [0.15, 0.2) is 55.1 Å². The fourth-order valence-electron chi connectivity index (χ4n) is 3.98. The first kappa shape index (κ1) is 24.0. The van der Waals surface area contributed by atoms with E-state index in [1.807, 2.05) is 25.1 Å². The van der Waals surface area contributed by atoms with Crippen LogP contribution in [0.3, 0.4) is 0 Å². The molecule has 0 aliphatic heterocycles. The van der Waals surface area contributed by atoms with Gasteiger partial charge in [0.15, 0.2) is 0 Å². The molecule has 9 heteroatoms. The summed E-state index contributed by atoms with van der Waals surface area (Å²) < 4.78 is 14.6. The van der Waals surface area contributed by atoms with Crippen molar-refractivity contribution in [1.82, 2.24) is 25.3 Å². The number of hydrogen-bond donors (Lipinski definition) is 3. The average Bonchev–Trinajstić information content (AvgIpc) is 2.89. The normalized spacial score (nSPS) is 11.8. The molecule has 0 saturated carbocycles. The summed E-state index contributed by atoms with van der Waals surface area (Å²) in [6.45, 7) is 5.54. The van der Waals surface area contributed by atoms with Gasteiger partial charge in [0.25, 0.3) is 5.91 Å². The summed E-state index contributed by atoms with van der Waals surface area (Å²) in [5.74, 6) is 0.808. The Hall–Kier alpha value is -4.14. The second-order valence-electron chi connectivity index (χ2n) is 8.17. The average molecular weight is 474 g/mol. The number of pyridine rings is 2. The number of nitrogens with one attached hydrogen (secondary N) is 3. The lowest BCUT2D eigenvalue weighted by Gasteiger charge is -2.16. The van der Waals surface area contributed by atoms with E-state index in [1.54, 1.807) is 18.5 Å². The molecule has 0 radical (unpaired) electrons. The Bertz CT molecular complexity index is 1330. The van der Waals surface area contributed by atoms with Crippen molar-refractivity contribution in [1.29, 1.82) is 0 Å². The summed E-state index contributed by atoms with van der Waals surface area (Å²) in [5, 5.41) is 9.33. The fourth-order valence-corrected chi connectivity index (χ4v) is 3.98. The molecule has 3 aromatic heterocycles. The summed E-state index contributed by atoms with van der Waals surface area (Å²) in [6, 6.07) is 10.5. The maximum atomic E-state index is 14.6. The van der Waals surface area contributed by atoms with Gasteiger partial charge in [-0.2, -0.15) is 0 Å². The Morgan fingerprint density at radius 1 is 1.03 bits per heavy atom. The van der Waals surface area contributed by atoms with E-state index in [9.17, 15) is 9.18 Å². The monoisotopic (exact) mass is 473 g/mol. The largest absolute Gasteiger partial charge is 0.370 e. The number of anilines is 2. The van der Waals surface area contributed by atoms with Gasteiger partial charge in [0.2, 0.25) is 0 Å². The first-order valence-corrected chi connectivity index (χ1v) is 11.6. The highest BCUT2D eigenvalue weighted by atomic mass is 19.1. The van der Waals surface area contributed by atoms with Gasteiger partial charge < -0.3 is 16.0 Å². The van der Waals surface area contributed by atoms with Crippen LogP contribution in [0.5, 0.6) is 0 Å². The van der Waals surface area contributed by atoms with Crippen LogP contribution in [0.2, 0.25) is 0 Å². The highest BCUT2D eigenvalue weighted by molar-refractivity contribution is 6.06. The molecular weight excluding hydrogens is 445 g/mol. The van der Waals surface area contributed by atoms with E-state index in [2.05, 4.69) is 42.8 Å². The molecule has 0 saturated heterocycles. The van der Waals surface area contributed by atoms with Crippen LogP contribution < -0.4 is 16.0 Å². The molecule has 8 nitrogen and oxygen atoms in total. The third-order valence-electron chi connectivity index (χ3n) is 5.84. The van der Waals surface area contributed by atoms with Crippen LogP contribution >= 0.6 is 0 Å². The van der Waals surface area contributed by atoms with E-state index >= 15 is 0 Å².